The predicted octanol–water partition coefficient (Wildman–Crippen LogP) is 3.89. The Morgan fingerprint density at radius 3 is 2.39 bits per heavy atom. The third-order valence-electron chi connectivity index (χ3n) is 4.73. The van der Waals surface area contributed by atoms with Gasteiger partial charge in [0.25, 0.3) is 0 Å². The highest BCUT2D eigenvalue weighted by Crippen LogP contribution is 2.27. The molecule has 0 amide bonds. The number of aryl methyl sites for hydroxylation is 1. The van der Waals surface area contributed by atoms with E-state index in [9.17, 15) is 0 Å². The Kier molecular flexibility index (Phi) is 5.24. The summed E-state index contributed by atoms with van der Waals surface area (Å²) in [5.74, 6) is 1.78. The Morgan fingerprint density at radius 2 is 1.83 bits per heavy atom. The van der Waals surface area contributed by atoms with E-state index in [0.29, 0.717) is 5.92 Å². The lowest BCUT2D eigenvalue weighted by Gasteiger charge is -2.31. The van der Waals surface area contributed by atoms with Crippen molar-refractivity contribution in [2.24, 2.45) is 13.0 Å². The number of hydrogen-bond acceptors (Lipinski definition) is 3. The molecule has 1 aromatic carbocycles. The topological polar surface area (TPSA) is 34.0 Å². The SMILES string of the molecule is Cc1c(Cl)cc(CN2CCC(Cc3nncn3C)CC2)cc1Cl. The van der Waals surface area contributed by atoms with Crippen LogP contribution in [0.4, 0.5) is 0 Å². The Balaban J connectivity index is 1.54. The summed E-state index contributed by atoms with van der Waals surface area (Å²) in [5.41, 5.74) is 2.15. The fourth-order valence-electron chi connectivity index (χ4n) is 3.15. The summed E-state index contributed by atoms with van der Waals surface area (Å²) < 4.78 is 2.02. The molecule has 0 atom stereocenters. The number of hydrogen-bond donors (Lipinski definition) is 0. The lowest BCUT2D eigenvalue weighted by molar-refractivity contribution is 0.175. The molecule has 1 fully saturated rings. The Bertz CT molecular complexity index is 652. The fraction of sp³-hybridized carbons (Fsp3) is 0.529. The Labute approximate surface area is 147 Å². The summed E-state index contributed by atoms with van der Waals surface area (Å²) in [7, 11) is 2.01. The van der Waals surface area contributed by atoms with E-state index in [1.54, 1.807) is 6.33 Å². The lowest BCUT2D eigenvalue weighted by Crippen LogP contribution is -2.34. The molecule has 6 heteroatoms. The lowest BCUT2D eigenvalue weighted by atomic mass is 9.93. The van der Waals surface area contributed by atoms with Gasteiger partial charge in [-0.1, -0.05) is 23.2 Å². The smallest absolute Gasteiger partial charge is 0.132 e. The monoisotopic (exact) mass is 352 g/mol. The third-order valence-corrected chi connectivity index (χ3v) is 5.52. The predicted molar refractivity (Wildman–Crippen MR) is 93.9 cm³/mol. The van der Waals surface area contributed by atoms with E-state index in [-0.39, 0.29) is 0 Å². The summed E-state index contributed by atoms with van der Waals surface area (Å²) in [4.78, 5) is 2.48. The van der Waals surface area contributed by atoms with Crippen LogP contribution in [0.1, 0.15) is 29.8 Å². The molecule has 23 heavy (non-hydrogen) atoms. The van der Waals surface area contributed by atoms with E-state index in [4.69, 9.17) is 23.2 Å². The van der Waals surface area contributed by atoms with Crippen molar-refractivity contribution in [1.82, 2.24) is 19.7 Å². The van der Waals surface area contributed by atoms with Crippen molar-refractivity contribution >= 4 is 23.2 Å². The molecule has 2 aromatic rings. The Hall–Kier alpha value is -1.10. The number of halogens is 2. The average molecular weight is 353 g/mol. The van der Waals surface area contributed by atoms with Crippen LogP contribution in [0.15, 0.2) is 18.5 Å². The molecule has 0 spiro atoms. The number of rotatable bonds is 4. The molecule has 0 saturated carbocycles. The van der Waals surface area contributed by atoms with Gasteiger partial charge in [-0.2, -0.15) is 0 Å². The van der Waals surface area contributed by atoms with Crippen molar-refractivity contribution < 1.29 is 0 Å². The van der Waals surface area contributed by atoms with E-state index in [1.165, 1.54) is 18.4 Å². The van der Waals surface area contributed by atoms with Crippen LogP contribution >= 0.6 is 23.2 Å². The van der Waals surface area contributed by atoms with Crippen LogP contribution in [0.3, 0.4) is 0 Å². The van der Waals surface area contributed by atoms with Crippen LogP contribution in [0.5, 0.6) is 0 Å². The molecule has 0 unspecified atom stereocenters. The van der Waals surface area contributed by atoms with E-state index in [2.05, 4.69) is 15.1 Å². The number of nitrogens with zero attached hydrogens (tertiary/aromatic N) is 4. The number of benzene rings is 1. The molecule has 1 saturated heterocycles. The molecule has 0 bridgehead atoms. The summed E-state index contributed by atoms with van der Waals surface area (Å²) >= 11 is 12.5. The molecular formula is C17H22Cl2N4. The molecule has 1 aliphatic rings. The second-order valence-corrected chi connectivity index (χ2v) is 7.28. The van der Waals surface area contributed by atoms with E-state index in [1.807, 2.05) is 30.7 Å². The molecule has 0 radical (unpaired) electrons. The third kappa shape index (κ3) is 4.06. The maximum absolute atomic E-state index is 6.24. The van der Waals surface area contributed by atoms with Gasteiger partial charge < -0.3 is 4.57 Å². The van der Waals surface area contributed by atoms with Crippen LogP contribution in [-0.2, 0) is 20.0 Å². The highest BCUT2D eigenvalue weighted by molar-refractivity contribution is 6.36. The average Bonchev–Trinajstić information content (AvgIpc) is 2.92. The first-order chi connectivity index (χ1) is 11.0. The molecule has 124 valence electrons. The molecule has 0 N–H and O–H groups in total. The van der Waals surface area contributed by atoms with Crippen molar-refractivity contribution in [2.75, 3.05) is 13.1 Å². The zero-order valence-corrected chi connectivity index (χ0v) is 15.1. The minimum absolute atomic E-state index is 0.694. The van der Waals surface area contributed by atoms with Gasteiger partial charge >= 0.3 is 0 Å². The van der Waals surface area contributed by atoms with Gasteiger partial charge in [-0.3, -0.25) is 4.90 Å². The van der Waals surface area contributed by atoms with Crippen molar-refractivity contribution in [3.05, 3.63) is 45.5 Å². The van der Waals surface area contributed by atoms with Gasteiger partial charge in [-0.05, 0) is 62.0 Å². The van der Waals surface area contributed by atoms with E-state index >= 15 is 0 Å². The zero-order valence-electron chi connectivity index (χ0n) is 13.6. The molecule has 2 heterocycles. The largest absolute Gasteiger partial charge is 0.321 e. The van der Waals surface area contributed by atoms with Crippen molar-refractivity contribution in [3.8, 4) is 0 Å². The zero-order chi connectivity index (χ0) is 16.4. The minimum atomic E-state index is 0.694. The maximum Gasteiger partial charge on any atom is 0.132 e. The second kappa shape index (κ2) is 7.20. The maximum atomic E-state index is 6.24. The normalized spacial score (nSPS) is 16.9. The van der Waals surface area contributed by atoms with Gasteiger partial charge in [-0.25, -0.2) is 0 Å². The Morgan fingerprint density at radius 1 is 1.17 bits per heavy atom. The number of piperidine rings is 1. The van der Waals surface area contributed by atoms with Gasteiger partial charge in [-0.15, -0.1) is 10.2 Å². The van der Waals surface area contributed by atoms with Crippen molar-refractivity contribution in [3.63, 3.8) is 0 Å². The second-order valence-electron chi connectivity index (χ2n) is 6.47. The van der Waals surface area contributed by atoms with E-state index in [0.717, 1.165) is 47.5 Å². The highest BCUT2D eigenvalue weighted by atomic mass is 35.5. The molecule has 1 aliphatic heterocycles. The minimum Gasteiger partial charge on any atom is -0.321 e. The van der Waals surface area contributed by atoms with Gasteiger partial charge in [0.15, 0.2) is 0 Å². The molecule has 4 nitrogen and oxygen atoms in total. The fourth-order valence-corrected chi connectivity index (χ4v) is 3.68. The standard InChI is InChI=1S/C17H22Cl2N4/c1-12-15(18)7-14(8-16(12)19)10-23-5-3-13(4-6-23)9-17-21-20-11-22(17)2/h7-8,11,13H,3-6,9-10H2,1-2H3. The van der Waals surface area contributed by atoms with Crippen LogP contribution in [0.2, 0.25) is 10.0 Å². The molecule has 0 aliphatic carbocycles. The quantitative estimate of drug-likeness (QED) is 0.836. The van der Waals surface area contributed by atoms with Crippen LogP contribution in [0, 0.1) is 12.8 Å². The summed E-state index contributed by atoms with van der Waals surface area (Å²) in [6, 6.07) is 4.07. The van der Waals surface area contributed by atoms with Gasteiger partial charge in [0.2, 0.25) is 0 Å². The van der Waals surface area contributed by atoms with Gasteiger partial charge in [0.1, 0.15) is 12.2 Å². The molecular weight excluding hydrogens is 331 g/mol. The van der Waals surface area contributed by atoms with Gasteiger partial charge in [0, 0.05) is 30.1 Å². The highest BCUT2D eigenvalue weighted by Gasteiger charge is 2.21. The number of likely N-dealkylation sites (tertiary alicyclic amines) is 1. The van der Waals surface area contributed by atoms with Gasteiger partial charge in [0.05, 0.1) is 0 Å². The first-order valence-corrected chi connectivity index (χ1v) is 8.78. The van der Waals surface area contributed by atoms with Crippen LogP contribution in [-0.4, -0.2) is 32.8 Å². The van der Waals surface area contributed by atoms with E-state index < -0.39 is 0 Å². The first-order valence-electron chi connectivity index (χ1n) is 8.02. The first kappa shape index (κ1) is 16.7. The van der Waals surface area contributed by atoms with Crippen LogP contribution in [0.25, 0.3) is 0 Å². The molecule has 3 rings (SSSR count). The van der Waals surface area contributed by atoms with Crippen LogP contribution < -0.4 is 0 Å². The summed E-state index contributed by atoms with van der Waals surface area (Å²) in [6.45, 7) is 5.07. The summed E-state index contributed by atoms with van der Waals surface area (Å²) in [5, 5.41) is 9.66. The number of aromatic nitrogens is 3. The van der Waals surface area contributed by atoms with Crippen molar-refractivity contribution in [1.29, 1.82) is 0 Å². The summed E-state index contributed by atoms with van der Waals surface area (Å²) in [6.07, 6.45) is 5.18. The molecule has 1 aromatic heterocycles. The van der Waals surface area contributed by atoms with Crippen molar-refractivity contribution in [2.45, 2.75) is 32.7 Å².